The van der Waals surface area contributed by atoms with Gasteiger partial charge in [0.25, 0.3) is 0 Å². The predicted molar refractivity (Wildman–Crippen MR) is 83.3 cm³/mol. The minimum atomic E-state index is -4.90. The minimum absolute atomic E-state index is 0.162. The maximum absolute atomic E-state index is 12.8. The van der Waals surface area contributed by atoms with Crippen molar-refractivity contribution in [3.05, 3.63) is 35.9 Å². The fraction of sp³-hybridized carbons (Fsp3) is 0.632. The molecule has 0 N–H and O–H groups in total. The molecule has 1 atom stereocenters. The van der Waals surface area contributed by atoms with E-state index in [9.17, 15) is 18.0 Å². The van der Waals surface area contributed by atoms with Gasteiger partial charge < -0.3 is 4.74 Å². The van der Waals surface area contributed by atoms with Crippen molar-refractivity contribution in [2.24, 2.45) is 17.8 Å². The second-order valence-corrected chi connectivity index (χ2v) is 7.88. The first-order valence-corrected chi connectivity index (χ1v) is 8.84. The molecular formula is C19H21F3O3. The van der Waals surface area contributed by atoms with Gasteiger partial charge in [-0.2, -0.15) is 0 Å². The highest BCUT2D eigenvalue weighted by Crippen LogP contribution is 2.57. The normalized spacial score (nSPS) is 34.8. The van der Waals surface area contributed by atoms with E-state index in [1.165, 1.54) is 12.1 Å². The predicted octanol–water partition coefficient (Wildman–Crippen LogP) is 4.78. The summed E-state index contributed by atoms with van der Waals surface area (Å²) >= 11 is 0. The van der Waals surface area contributed by atoms with Gasteiger partial charge in [0.2, 0.25) is 0 Å². The summed E-state index contributed by atoms with van der Waals surface area (Å²) in [5.74, 6) is 0.693. The lowest BCUT2D eigenvalue weighted by Crippen LogP contribution is -2.53. The SMILES string of the molecule is O=C(OC12CC3CC(CC(C3)C1)C2)C(OC(F)(F)F)c1ccccc1. The smallest absolute Gasteiger partial charge is 0.457 e. The van der Waals surface area contributed by atoms with Crippen molar-refractivity contribution in [3.63, 3.8) is 0 Å². The molecule has 25 heavy (non-hydrogen) atoms. The Hall–Kier alpha value is -1.56. The van der Waals surface area contributed by atoms with E-state index in [2.05, 4.69) is 4.74 Å². The third-order valence-electron chi connectivity index (χ3n) is 5.87. The Balaban J connectivity index is 1.55. The molecule has 4 saturated carbocycles. The topological polar surface area (TPSA) is 35.5 Å². The van der Waals surface area contributed by atoms with E-state index in [1.54, 1.807) is 18.2 Å². The fourth-order valence-corrected chi connectivity index (χ4v) is 5.44. The fourth-order valence-electron chi connectivity index (χ4n) is 5.44. The van der Waals surface area contributed by atoms with Crippen LogP contribution in [0, 0.1) is 17.8 Å². The highest BCUT2D eigenvalue weighted by atomic mass is 19.4. The summed E-state index contributed by atoms with van der Waals surface area (Å²) in [6.07, 6.45) is -0.849. The first-order chi connectivity index (χ1) is 11.8. The Kier molecular flexibility index (Phi) is 4.06. The number of carbonyl (C=O) groups excluding carboxylic acids is 1. The molecule has 0 aliphatic heterocycles. The summed E-state index contributed by atoms with van der Waals surface area (Å²) in [7, 11) is 0. The van der Waals surface area contributed by atoms with Crippen molar-refractivity contribution in [2.45, 2.75) is 56.6 Å². The zero-order chi connectivity index (χ0) is 17.7. The second-order valence-electron chi connectivity index (χ2n) is 7.88. The first kappa shape index (κ1) is 16.9. The first-order valence-electron chi connectivity index (χ1n) is 8.84. The van der Waals surface area contributed by atoms with Crippen LogP contribution in [0.15, 0.2) is 30.3 Å². The van der Waals surface area contributed by atoms with Crippen molar-refractivity contribution < 1.29 is 27.4 Å². The average molecular weight is 354 g/mol. The quantitative estimate of drug-likeness (QED) is 0.730. The Bertz CT molecular complexity index is 606. The molecule has 0 saturated heterocycles. The van der Waals surface area contributed by atoms with E-state index in [1.807, 2.05) is 0 Å². The van der Waals surface area contributed by atoms with Crippen LogP contribution >= 0.6 is 0 Å². The number of hydrogen-bond donors (Lipinski definition) is 0. The lowest BCUT2D eigenvalue weighted by Gasteiger charge is -2.55. The molecule has 4 aliphatic carbocycles. The monoisotopic (exact) mass is 354 g/mol. The lowest BCUT2D eigenvalue weighted by molar-refractivity contribution is -0.344. The zero-order valence-corrected chi connectivity index (χ0v) is 13.8. The van der Waals surface area contributed by atoms with E-state index in [0.29, 0.717) is 17.8 Å². The van der Waals surface area contributed by atoms with Crippen molar-refractivity contribution in [3.8, 4) is 0 Å². The standard InChI is InChI=1S/C19H21F3O3/c20-19(21,22)24-16(15-4-2-1-3-5-15)17(23)25-18-9-12-6-13(10-18)8-14(7-12)11-18/h1-5,12-14,16H,6-11H2. The van der Waals surface area contributed by atoms with Crippen LogP contribution in [-0.2, 0) is 14.3 Å². The Labute approximate surface area is 144 Å². The third-order valence-corrected chi connectivity index (χ3v) is 5.87. The molecular weight excluding hydrogens is 333 g/mol. The van der Waals surface area contributed by atoms with Crippen molar-refractivity contribution in [1.82, 2.24) is 0 Å². The van der Waals surface area contributed by atoms with Crippen LogP contribution in [0.4, 0.5) is 13.2 Å². The van der Waals surface area contributed by atoms with Gasteiger partial charge in [-0.25, -0.2) is 4.79 Å². The lowest BCUT2D eigenvalue weighted by atomic mass is 9.54. The van der Waals surface area contributed by atoms with Crippen LogP contribution in [0.25, 0.3) is 0 Å². The Morgan fingerprint density at radius 3 is 2.00 bits per heavy atom. The molecule has 0 spiro atoms. The molecule has 0 heterocycles. The number of benzene rings is 1. The van der Waals surface area contributed by atoms with Crippen LogP contribution in [0.2, 0.25) is 0 Å². The van der Waals surface area contributed by atoms with E-state index in [-0.39, 0.29) is 5.56 Å². The highest BCUT2D eigenvalue weighted by Gasteiger charge is 2.54. The van der Waals surface area contributed by atoms with Gasteiger partial charge in [0.15, 0.2) is 6.10 Å². The largest absolute Gasteiger partial charge is 0.523 e. The molecule has 1 unspecified atom stereocenters. The summed E-state index contributed by atoms with van der Waals surface area (Å²) in [4.78, 5) is 12.7. The Morgan fingerprint density at radius 2 is 1.52 bits per heavy atom. The van der Waals surface area contributed by atoms with Gasteiger partial charge in [-0.05, 0) is 61.8 Å². The van der Waals surface area contributed by atoms with Crippen LogP contribution < -0.4 is 0 Å². The maximum atomic E-state index is 12.8. The van der Waals surface area contributed by atoms with Gasteiger partial charge in [-0.1, -0.05) is 30.3 Å². The van der Waals surface area contributed by atoms with E-state index in [4.69, 9.17) is 4.74 Å². The molecule has 6 heteroatoms. The number of alkyl halides is 3. The van der Waals surface area contributed by atoms with Gasteiger partial charge in [0.1, 0.15) is 5.60 Å². The van der Waals surface area contributed by atoms with E-state index >= 15 is 0 Å². The number of esters is 1. The van der Waals surface area contributed by atoms with Crippen molar-refractivity contribution >= 4 is 5.97 Å². The molecule has 4 fully saturated rings. The summed E-state index contributed by atoms with van der Waals surface area (Å²) < 4.78 is 48.3. The number of ether oxygens (including phenoxy) is 2. The zero-order valence-electron chi connectivity index (χ0n) is 13.8. The molecule has 5 rings (SSSR count). The van der Waals surface area contributed by atoms with E-state index < -0.39 is 24.0 Å². The summed E-state index contributed by atoms with van der Waals surface area (Å²) in [6, 6.07) is 7.76. The van der Waals surface area contributed by atoms with Crippen LogP contribution in [0.1, 0.15) is 50.2 Å². The van der Waals surface area contributed by atoms with Gasteiger partial charge in [-0.15, -0.1) is 13.2 Å². The van der Waals surface area contributed by atoms with Crippen molar-refractivity contribution in [1.29, 1.82) is 0 Å². The maximum Gasteiger partial charge on any atom is 0.523 e. The number of rotatable bonds is 4. The second kappa shape index (κ2) is 6.01. The number of hydrogen-bond acceptors (Lipinski definition) is 3. The summed E-state index contributed by atoms with van der Waals surface area (Å²) in [6.45, 7) is 0. The minimum Gasteiger partial charge on any atom is -0.457 e. The van der Waals surface area contributed by atoms with Gasteiger partial charge in [0.05, 0.1) is 0 Å². The molecule has 1 aromatic rings. The molecule has 4 aliphatic rings. The average Bonchev–Trinajstić information content (AvgIpc) is 2.51. The van der Waals surface area contributed by atoms with Gasteiger partial charge >= 0.3 is 12.3 Å². The van der Waals surface area contributed by atoms with Gasteiger partial charge in [0, 0.05) is 0 Å². The Morgan fingerprint density at radius 1 is 1.00 bits per heavy atom. The number of carbonyl (C=O) groups is 1. The molecule has 0 aromatic heterocycles. The molecule has 136 valence electrons. The molecule has 3 nitrogen and oxygen atoms in total. The molecule has 0 radical (unpaired) electrons. The van der Waals surface area contributed by atoms with Crippen LogP contribution in [0.3, 0.4) is 0 Å². The summed E-state index contributed by atoms with van der Waals surface area (Å²) in [5.41, 5.74) is -0.428. The van der Waals surface area contributed by atoms with E-state index in [0.717, 1.165) is 38.5 Å². The van der Waals surface area contributed by atoms with Crippen LogP contribution in [-0.4, -0.2) is 17.9 Å². The molecule has 4 bridgehead atoms. The summed E-state index contributed by atoms with van der Waals surface area (Å²) in [5, 5.41) is 0. The van der Waals surface area contributed by atoms with Crippen LogP contribution in [0.5, 0.6) is 0 Å². The molecule has 0 amide bonds. The highest BCUT2D eigenvalue weighted by molar-refractivity contribution is 5.77. The molecule has 1 aromatic carbocycles. The number of halogens is 3. The van der Waals surface area contributed by atoms with Crippen molar-refractivity contribution in [2.75, 3.05) is 0 Å². The van der Waals surface area contributed by atoms with Gasteiger partial charge in [-0.3, -0.25) is 4.74 Å². The third kappa shape index (κ3) is 3.54.